The molecule has 2 aliphatic rings. The third kappa shape index (κ3) is 3.85. The summed E-state index contributed by atoms with van der Waals surface area (Å²) >= 11 is 1.99. The first-order valence-corrected chi connectivity index (χ1v) is 8.13. The number of thioether (sulfide) groups is 1. The summed E-state index contributed by atoms with van der Waals surface area (Å²) in [6.45, 7) is 5.00. The van der Waals surface area contributed by atoms with Gasteiger partial charge in [0, 0.05) is 24.4 Å². The number of aliphatic hydroxyl groups excluding tert-OH is 1. The number of hydrogen-bond donors (Lipinski definition) is 2. The van der Waals surface area contributed by atoms with E-state index in [1.54, 1.807) is 0 Å². The molecule has 2 fully saturated rings. The standard InChI is InChI=1S/C13H26N2OS/c1-17-13(5-4-6-13)11-14-9-12(16)10-15-7-2-3-8-15/h12,14,16H,2-11H2,1H3. The van der Waals surface area contributed by atoms with Gasteiger partial charge < -0.3 is 15.3 Å². The number of β-amino-alcohol motifs (C(OH)–C–C–N with tert-alkyl or cyclic N) is 1. The van der Waals surface area contributed by atoms with Gasteiger partial charge in [0.1, 0.15) is 0 Å². The lowest BCUT2D eigenvalue weighted by Crippen LogP contribution is -2.46. The van der Waals surface area contributed by atoms with E-state index in [9.17, 15) is 5.11 Å². The molecule has 2 rings (SSSR count). The molecule has 0 aromatic carbocycles. The first-order valence-electron chi connectivity index (χ1n) is 6.90. The minimum absolute atomic E-state index is 0.202. The zero-order chi connectivity index (χ0) is 12.1. The highest BCUT2D eigenvalue weighted by Gasteiger charge is 2.35. The highest BCUT2D eigenvalue weighted by atomic mass is 32.2. The van der Waals surface area contributed by atoms with Crippen LogP contribution in [0.5, 0.6) is 0 Å². The van der Waals surface area contributed by atoms with Crippen LogP contribution in [0.15, 0.2) is 0 Å². The Morgan fingerprint density at radius 3 is 2.53 bits per heavy atom. The Morgan fingerprint density at radius 2 is 2.00 bits per heavy atom. The third-order valence-corrected chi connectivity index (χ3v) is 5.61. The van der Waals surface area contributed by atoms with E-state index in [2.05, 4.69) is 16.5 Å². The van der Waals surface area contributed by atoms with Crippen LogP contribution in [0.2, 0.25) is 0 Å². The fourth-order valence-corrected chi connectivity index (χ4v) is 3.76. The summed E-state index contributed by atoms with van der Waals surface area (Å²) in [7, 11) is 0. The normalized spacial score (nSPS) is 25.8. The molecule has 4 heteroatoms. The van der Waals surface area contributed by atoms with Gasteiger partial charge in [-0.2, -0.15) is 11.8 Å². The molecule has 17 heavy (non-hydrogen) atoms. The van der Waals surface area contributed by atoms with Crippen molar-refractivity contribution in [3.63, 3.8) is 0 Å². The second-order valence-electron chi connectivity index (χ2n) is 5.53. The summed E-state index contributed by atoms with van der Waals surface area (Å²) in [5.74, 6) is 0. The Kier molecular flexibility index (Phi) is 5.15. The number of likely N-dealkylation sites (tertiary alicyclic amines) is 1. The van der Waals surface area contributed by atoms with Crippen LogP contribution in [-0.4, -0.2) is 59.8 Å². The van der Waals surface area contributed by atoms with Crippen molar-refractivity contribution >= 4 is 11.8 Å². The SMILES string of the molecule is CSC1(CNCC(O)CN2CCCC2)CCC1. The van der Waals surface area contributed by atoms with Crippen molar-refractivity contribution in [1.82, 2.24) is 10.2 Å². The van der Waals surface area contributed by atoms with E-state index in [-0.39, 0.29) is 6.10 Å². The van der Waals surface area contributed by atoms with Crippen molar-refractivity contribution in [2.45, 2.75) is 43.0 Å². The van der Waals surface area contributed by atoms with E-state index in [4.69, 9.17) is 0 Å². The van der Waals surface area contributed by atoms with Crippen LogP contribution in [0.25, 0.3) is 0 Å². The monoisotopic (exact) mass is 258 g/mol. The van der Waals surface area contributed by atoms with Gasteiger partial charge in [0.2, 0.25) is 0 Å². The molecule has 1 heterocycles. The largest absolute Gasteiger partial charge is 0.390 e. The zero-order valence-corrected chi connectivity index (χ0v) is 11.8. The molecule has 1 saturated heterocycles. The highest BCUT2D eigenvalue weighted by molar-refractivity contribution is 8.00. The number of nitrogens with zero attached hydrogens (tertiary/aromatic N) is 1. The van der Waals surface area contributed by atoms with Gasteiger partial charge >= 0.3 is 0 Å². The highest BCUT2D eigenvalue weighted by Crippen LogP contribution is 2.42. The van der Waals surface area contributed by atoms with E-state index in [1.807, 2.05) is 11.8 Å². The van der Waals surface area contributed by atoms with Crippen LogP contribution >= 0.6 is 11.8 Å². The third-order valence-electron chi connectivity index (χ3n) is 4.19. The van der Waals surface area contributed by atoms with Gasteiger partial charge in [0.25, 0.3) is 0 Å². The maximum Gasteiger partial charge on any atom is 0.0791 e. The zero-order valence-electron chi connectivity index (χ0n) is 11.0. The molecule has 1 saturated carbocycles. The van der Waals surface area contributed by atoms with Crippen molar-refractivity contribution in [3.05, 3.63) is 0 Å². The molecule has 1 aliphatic carbocycles. The van der Waals surface area contributed by atoms with Crippen LogP contribution in [-0.2, 0) is 0 Å². The number of aliphatic hydroxyl groups is 1. The smallest absolute Gasteiger partial charge is 0.0791 e. The Bertz CT molecular complexity index is 222. The first-order chi connectivity index (χ1) is 8.24. The van der Waals surface area contributed by atoms with E-state index in [0.29, 0.717) is 4.75 Å². The molecule has 1 unspecified atom stereocenters. The molecule has 0 amide bonds. The van der Waals surface area contributed by atoms with Crippen LogP contribution in [0, 0.1) is 0 Å². The summed E-state index contributed by atoms with van der Waals surface area (Å²) in [6, 6.07) is 0. The molecule has 0 radical (unpaired) electrons. The Morgan fingerprint density at radius 1 is 1.29 bits per heavy atom. The lowest BCUT2D eigenvalue weighted by atomic mass is 9.84. The van der Waals surface area contributed by atoms with Crippen LogP contribution in [0.4, 0.5) is 0 Å². The van der Waals surface area contributed by atoms with E-state index in [0.717, 1.165) is 19.6 Å². The quantitative estimate of drug-likeness (QED) is 0.722. The molecular formula is C13H26N2OS. The summed E-state index contributed by atoms with van der Waals surface area (Å²) in [5.41, 5.74) is 0. The molecule has 0 aromatic heterocycles. The molecule has 0 spiro atoms. The molecule has 1 aliphatic heterocycles. The second kappa shape index (κ2) is 6.41. The topological polar surface area (TPSA) is 35.5 Å². The minimum Gasteiger partial charge on any atom is -0.390 e. The van der Waals surface area contributed by atoms with Crippen molar-refractivity contribution < 1.29 is 5.11 Å². The Hall–Kier alpha value is 0.230. The van der Waals surface area contributed by atoms with Crippen LogP contribution in [0.3, 0.4) is 0 Å². The number of rotatable bonds is 7. The van der Waals surface area contributed by atoms with Gasteiger partial charge in [-0.05, 0) is 45.0 Å². The average Bonchev–Trinajstić information content (AvgIpc) is 2.75. The van der Waals surface area contributed by atoms with Gasteiger partial charge in [-0.25, -0.2) is 0 Å². The maximum atomic E-state index is 9.96. The second-order valence-corrected chi connectivity index (χ2v) is 6.81. The first kappa shape index (κ1) is 13.7. The van der Waals surface area contributed by atoms with E-state index >= 15 is 0 Å². The summed E-state index contributed by atoms with van der Waals surface area (Å²) in [4.78, 5) is 2.38. The van der Waals surface area contributed by atoms with Crippen molar-refractivity contribution in [2.24, 2.45) is 0 Å². The number of nitrogens with one attached hydrogen (secondary N) is 1. The van der Waals surface area contributed by atoms with Crippen molar-refractivity contribution in [3.8, 4) is 0 Å². The Balaban J connectivity index is 1.57. The minimum atomic E-state index is -0.202. The van der Waals surface area contributed by atoms with Gasteiger partial charge in [-0.1, -0.05) is 6.42 Å². The summed E-state index contributed by atoms with van der Waals surface area (Å²) < 4.78 is 0.480. The summed E-state index contributed by atoms with van der Waals surface area (Å²) in [6.07, 6.45) is 8.66. The predicted molar refractivity (Wildman–Crippen MR) is 74.6 cm³/mol. The number of hydrogen-bond acceptors (Lipinski definition) is 4. The lowest BCUT2D eigenvalue weighted by molar-refractivity contribution is 0.121. The van der Waals surface area contributed by atoms with Crippen LogP contribution < -0.4 is 5.32 Å². The molecular weight excluding hydrogens is 232 g/mol. The Labute approximate surface area is 109 Å². The molecule has 3 nitrogen and oxygen atoms in total. The van der Waals surface area contributed by atoms with Crippen molar-refractivity contribution in [1.29, 1.82) is 0 Å². The molecule has 0 bridgehead atoms. The fourth-order valence-electron chi connectivity index (χ4n) is 2.82. The van der Waals surface area contributed by atoms with Gasteiger partial charge in [-0.3, -0.25) is 0 Å². The predicted octanol–water partition coefficient (Wildman–Crippen LogP) is 1.32. The van der Waals surface area contributed by atoms with Gasteiger partial charge in [0.05, 0.1) is 6.10 Å². The molecule has 1 atom stereocenters. The molecule has 2 N–H and O–H groups in total. The van der Waals surface area contributed by atoms with Gasteiger partial charge in [0.15, 0.2) is 0 Å². The van der Waals surface area contributed by atoms with E-state index < -0.39 is 0 Å². The lowest BCUT2D eigenvalue weighted by Gasteiger charge is -2.40. The summed E-state index contributed by atoms with van der Waals surface area (Å²) in [5, 5.41) is 13.4. The van der Waals surface area contributed by atoms with Crippen molar-refractivity contribution in [2.75, 3.05) is 39.0 Å². The average molecular weight is 258 g/mol. The maximum absolute atomic E-state index is 9.96. The van der Waals surface area contributed by atoms with Crippen LogP contribution in [0.1, 0.15) is 32.1 Å². The van der Waals surface area contributed by atoms with E-state index in [1.165, 1.54) is 45.2 Å². The fraction of sp³-hybridized carbons (Fsp3) is 1.00. The van der Waals surface area contributed by atoms with Gasteiger partial charge in [-0.15, -0.1) is 0 Å². The molecule has 0 aromatic rings. The molecule has 100 valence electrons.